The Kier molecular flexibility index (Phi) is 8.43. The molecule has 2 N–H and O–H groups in total. The molecule has 158 valence electrons. The van der Waals surface area contributed by atoms with Crippen LogP contribution in [0.5, 0.6) is 11.5 Å². The molecule has 2 amide bonds. The van der Waals surface area contributed by atoms with Crippen LogP contribution in [0.25, 0.3) is 6.08 Å². The van der Waals surface area contributed by atoms with Crippen LogP contribution in [0.2, 0.25) is 0 Å². The number of carbonyl (C=O) groups excluding carboxylic acids is 3. The summed E-state index contributed by atoms with van der Waals surface area (Å²) in [6, 6.07) is 12.2. The summed E-state index contributed by atoms with van der Waals surface area (Å²) in [6.07, 6.45) is 3.17. The topological polar surface area (TPSA) is 103 Å². The summed E-state index contributed by atoms with van der Waals surface area (Å²) in [5.41, 5.74) is 2.09. The molecular formula is C22H24N2O6. The number of benzene rings is 2. The summed E-state index contributed by atoms with van der Waals surface area (Å²) in [6.45, 7) is -0.172. The van der Waals surface area contributed by atoms with Gasteiger partial charge in [-0.25, -0.2) is 0 Å². The predicted molar refractivity (Wildman–Crippen MR) is 112 cm³/mol. The summed E-state index contributed by atoms with van der Waals surface area (Å²) in [5.74, 6) is 0.136. The molecule has 2 aromatic rings. The Morgan fingerprint density at radius 3 is 2.13 bits per heavy atom. The lowest BCUT2D eigenvalue weighted by molar-refractivity contribution is -0.141. The standard InChI is InChI=1S/C22H24N2O6/c1-28-18-10-16(11-19(13-18)29-2)6-9-20(25)24-17-7-4-15(5-8-17)12-21(26)23-14-22(27)30-3/h4-11,13H,12,14H2,1-3H3,(H,23,26)(H,24,25). The molecule has 0 aliphatic heterocycles. The van der Waals surface area contributed by atoms with E-state index in [0.29, 0.717) is 17.2 Å². The van der Waals surface area contributed by atoms with Gasteiger partial charge in [0.1, 0.15) is 18.0 Å². The van der Waals surface area contributed by atoms with Gasteiger partial charge in [-0.15, -0.1) is 0 Å². The Hall–Kier alpha value is -3.81. The van der Waals surface area contributed by atoms with Gasteiger partial charge in [-0.05, 0) is 41.5 Å². The third kappa shape index (κ3) is 7.31. The van der Waals surface area contributed by atoms with E-state index in [4.69, 9.17) is 9.47 Å². The summed E-state index contributed by atoms with van der Waals surface area (Å²) >= 11 is 0. The van der Waals surface area contributed by atoms with Gasteiger partial charge in [0.05, 0.1) is 27.8 Å². The quantitative estimate of drug-likeness (QED) is 0.483. The first-order valence-corrected chi connectivity index (χ1v) is 9.08. The maximum atomic E-state index is 12.2. The van der Waals surface area contributed by atoms with Gasteiger partial charge in [0.15, 0.2) is 0 Å². The minimum Gasteiger partial charge on any atom is -0.497 e. The fourth-order valence-corrected chi connectivity index (χ4v) is 2.48. The van der Waals surface area contributed by atoms with Crippen molar-refractivity contribution in [3.8, 4) is 11.5 Å². The zero-order valence-electron chi connectivity index (χ0n) is 17.1. The average molecular weight is 412 g/mol. The minimum absolute atomic E-state index is 0.114. The Balaban J connectivity index is 1.91. The first kappa shape index (κ1) is 22.5. The number of esters is 1. The maximum absolute atomic E-state index is 12.2. The van der Waals surface area contributed by atoms with Crippen LogP contribution in [0.3, 0.4) is 0 Å². The van der Waals surface area contributed by atoms with E-state index in [2.05, 4.69) is 15.4 Å². The highest BCUT2D eigenvalue weighted by Crippen LogP contribution is 2.23. The molecule has 0 aliphatic rings. The molecule has 0 radical (unpaired) electrons. The smallest absolute Gasteiger partial charge is 0.325 e. The first-order chi connectivity index (χ1) is 14.4. The van der Waals surface area contributed by atoms with Crippen molar-refractivity contribution in [2.24, 2.45) is 0 Å². The van der Waals surface area contributed by atoms with Crippen molar-refractivity contribution in [3.05, 3.63) is 59.7 Å². The van der Waals surface area contributed by atoms with Crippen LogP contribution in [-0.4, -0.2) is 45.7 Å². The molecule has 0 heterocycles. The second-order valence-electron chi connectivity index (χ2n) is 6.20. The molecule has 2 aromatic carbocycles. The van der Waals surface area contributed by atoms with Crippen molar-refractivity contribution in [2.75, 3.05) is 33.2 Å². The molecule has 0 atom stereocenters. The van der Waals surface area contributed by atoms with Gasteiger partial charge in [-0.2, -0.15) is 0 Å². The second kappa shape index (κ2) is 11.3. The SMILES string of the molecule is COC(=O)CNC(=O)Cc1ccc(NC(=O)C=Cc2cc(OC)cc(OC)c2)cc1. The third-order valence-corrected chi connectivity index (χ3v) is 4.04. The highest BCUT2D eigenvalue weighted by molar-refractivity contribution is 6.02. The van der Waals surface area contributed by atoms with Crippen molar-refractivity contribution < 1.29 is 28.6 Å². The summed E-state index contributed by atoms with van der Waals surface area (Å²) in [4.78, 5) is 35.0. The van der Waals surface area contributed by atoms with Crippen LogP contribution in [0.15, 0.2) is 48.5 Å². The van der Waals surface area contributed by atoms with Crippen molar-refractivity contribution in [1.82, 2.24) is 5.32 Å². The Morgan fingerprint density at radius 2 is 1.57 bits per heavy atom. The minimum atomic E-state index is -0.512. The van der Waals surface area contributed by atoms with E-state index in [-0.39, 0.29) is 24.8 Å². The van der Waals surface area contributed by atoms with E-state index in [0.717, 1.165) is 11.1 Å². The highest BCUT2D eigenvalue weighted by atomic mass is 16.5. The molecule has 0 saturated heterocycles. The molecule has 8 nitrogen and oxygen atoms in total. The van der Waals surface area contributed by atoms with Crippen LogP contribution in [0.4, 0.5) is 5.69 Å². The molecule has 30 heavy (non-hydrogen) atoms. The lowest BCUT2D eigenvalue weighted by Gasteiger charge is -2.07. The maximum Gasteiger partial charge on any atom is 0.325 e. The van der Waals surface area contributed by atoms with Gasteiger partial charge in [-0.1, -0.05) is 12.1 Å². The molecular weight excluding hydrogens is 388 g/mol. The van der Waals surface area contributed by atoms with Crippen molar-refractivity contribution >= 4 is 29.5 Å². The predicted octanol–water partition coefficient (Wildman–Crippen LogP) is 2.19. The van der Waals surface area contributed by atoms with E-state index in [9.17, 15) is 14.4 Å². The lowest BCUT2D eigenvalue weighted by atomic mass is 10.1. The monoisotopic (exact) mass is 412 g/mol. The first-order valence-electron chi connectivity index (χ1n) is 9.08. The number of anilines is 1. The van der Waals surface area contributed by atoms with Crippen molar-refractivity contribution in [2.45, 2.75) is 6.42 Å². The summed E-state index contributed by atoms with van der Waals surface area (Å²) < 4.78 is 14.9. The number of ether oxygens (including phenoxy) is 3. The van der Waals surface area contributed by atoms with Crippen molar-refractivity contribution in [1.29, 1.82) is 0 Å². The molecule has 0 saturated carbocycles. The molecule has 0 aromatic heterocycles. The van der Waals surface area contributed by atoms with E-state index < -0.39 is 5.97 Å². The number of methoxy groups -OCH3 is 3. The molecule has 0 unspecified atom stereocenters. The number of hydrogen-bond acceptors (Lipinski definition) is 6. The van der Waals surface area contributed by atoms with E-state index >= 15 is 0 Å². The number of nitrogens with one attached hydrogen (secondary N) is 2. The van der Waals surface area contributed by atoms with Gasteiger partial charge in [0.25, 0.3) is 0 Å². The Labute approximate surface area is 174 Å². The number of hydrogen-bond donors (Lipinski definition) is 2. The number of rotatable bonds is 9. The Bertz CT molecular complexity index is 899. The molecule has 0 bridgehead atoms. The second-order valence-corrected chi connectivity index (χ2v) is 6.20. The van der Waals surface area contributed by atoms with E-state index in [1.165, 1.54) is 13.2 Å². The Morgan fingerprint density at radius 1 is 0.933 bits per heavy atom. The largest absolute Gasteiger partial charge is 0.497 e. The zero-order chi connectivity index (χ0) is 21.9. The van der Waals surface area contributed by atoms with Gasteiger partial charge in [-0.3, -0.25) is 14.4 Å². The number of amides is 2. The summed E-state index contributed by atoms with van der Waals surface area (Å²) in [5, 5.41) is 5.21. The number of carbonyl (C=O) groups is 3. The molecule has 8 heteroatoms. The summed E-state index contributed by atoms with van der Waals surface area (Å²) in [7, 11) is 4.37. The van der Waals surface area contributed by atoms with Crippen molar-refractivity contribution in [3.63, 3.8) is 0 Å². The van der Waals surface area contributed by atoms with Crippen LogP contribution in [-0.2, 0) is 25.5 Å². The third-order valence-electron chi connectivity index (χ3n) is 4.04. The average Bonchev–Trinajstić information content (AvgIpc) is 2.77. The normalized spacial score (nSPS) is 10.4. The van der Waals surface area contributed by atoms with Gasteiger partial charge in [0, 0.05) is 17.8 Å². The van der Waals surface area contributed by atoms with Crippen LogP contribution in [0.1, 0.15) is 11.1 Å². The van der Waals surface area contributed by atoms with E-state index in [1.54, 1.807) is 62.8 Å². The van der Waals surface area contributed by atoms with Crippen LogP contribution >= 0.6 is 0 Å². The van der Waals surface area contributed by atoms with Gasteiger partial charge in [0.2, 0.25) is 11.8 Å². The molecule has 2 rings (SSSR count). The zero-order valence-corrected chi connectivity index (χ0v) is 17.1. The van der Waals surface area contributed by atoms with Crippen LogP contribution < -0.4 is 20.1 Å². The fourth-order valence-electron chi connectivity index (χ4n) is 2.48. The molecule has 0 fully saturated rings. The lowest BCUT2D eigenvalue weighted by Crippen LogP contribution is -2.31. The highest BCUT2D eigenvalue weighted by Gasteiger charge is 2.07. The van der Waals surface area contributed by atoms with Crippen LogP contribution in [0, 0.1) is 0 Å². The molecule has 0 aliphatic carbocycles. The molecule has 0 spiro atoms. The fraction of sp³-hybridized carbons (Fsp3) is 0.227. The van der Waals surface area contributed by atoms with E-state index in [1.807, 2.05) is 0 Å². The van der Waals surface area contributed by atoms with Gasteiger partial charge >= 0.3 is 5.97 Å². The van der Waals surface area contributed by atoms with Gasteiger partial charge < -0.3 is 24.8 Å².